The van der Waals surface area contributed by atoms with Crippen LogP contribution in [-0.2, 0) is 16.0 Å². The largest absolute Gasteiger partial charge is 0.379 e. The van der Waals surface area contributed by atoms with Gasteiger partial charge in [0, 0.05) is 108 Å². The highest BCUT2D eigenvalue weighted by molar-refractivity contribution is 6.17. The minimum absolute atomic E-state index is 0.866. The number of benzene rings is 2. The van der Waals surface area contributed by atoms with E-state index in [1.807, 2.05) is 0 Å². The van der Waals surface area contributed by atoms with Crippen molar-refractivity contribution in [3.8, 4) is 0 Å². The number of fused-ring (bicyclic) bond motifs is 5. The highest BCUT2D eigenvalue weighted by Crippen LogP contribution is 2.41. The highest BCUT2D eigenvalue weighted by Gasteiger charge is 2.26. The minimum Gasteiger partial charge on any atom is -0.379 e. The number of aromatic nitrogens is 2. The summed E-state index contributed by atoms with van der Waals surface area (Å²) in [5.41, 5.74) is 7.62. The molecule has 9 nitrogen and oxygen atoms in total. The quantitative estimate of drug-likeness (QED) is 0.305. The first-order valence-electron chi connectivity index (χ1n) is 17.0. The molecule has 44 heavy (non-hydrogen) atoms. The van der Waals surface area contributed by atoms with Crippen molar-refractivity contribution >= 4 is 44.2 Å². The average molecular weight is 598 g/mol. The summed E-state index contributed by atoms with van der Waals surface area (Å²) >= 11 is 0. The number of para-hydroxylation sites is 1. The highest BCUT2D eigenvalue weighted by atomic mass is 16.5. The third-order valence-electron chi connectivity index (χ3n) is 10.3. The van der Waals surface area contributed by atoms with Crippen LogP contribution in [0.15, 0.2) is 42.5 Å². The lowest BCUT2D eigenvalue weighted by atomic mass is 10.1. The van der Waals surface area contributed by atoms with E-state index in [0.717, 1.165) is 136 Å². The number of piperazine rings is 1. The molecular formula is C35H47N7O2. The van der Waals surface area contributed by atoms with Crippen LogP contribution in [0.4, 0.5) is 11.4 Å². The Balaban J connectivity index is 1.07. The van der Waals surface area contributed by atoms with Crippen LogP contribution in [0.1, 0.15) is 12.8 Å². The summed E-state index contributed by atoms with van der Waals surface area (Å²) in [6, 6.07) is 16.0. The van der Waals surface area contributed by atoms with Gasteiger partial charge >= 0.3 is 0 Å². The monoisotopic (exact) mass is 597 g/mol. The van der Waals surface area contributed by atoms with E-state index in [-0.39, 0.29) is 0 Å². The van der Waals surface area contributed by atoms with Crippen LogP contribution in [0.2, 0.25) is 0 Å². The molecule has 3 saturated heterocycles. The molecule has 4 aliphatic rings. The number of anilines is 2. The summed E-state index contributed by atoms with van der Waals surface area (Å²) < 4.78 is 13.7. The van der Waals surface area contributed by atoms with Gasteiger partial charge in [-0.3, -0.25) is 14.7 Å². The Bertz CT molecular complexity index is 1580. The van der Waals surface area contributed by atoms with Crippen LogP contribution < -0.4 is 9.80 Å². The lowest BCUT2D eigenvalue weighted by Gasteiger charge is -2.37. The lowest BCUT2D eigenvalue weighted by Crippen LogP contribution is -2.49. The van der Waals surface area contributed by atoms with Gasteiger partial charge in [0.2, 0.25) is 0 Å². The van der Waals surface area contributed by atoms with Crippen LogP contribution in [-0.4, -0.2) is 136 Å². The van der Waals surface area contributed by atoms with Gasteiger partial charge in [-0.2, -0.15) is 0 Å². The molecule has 4 aliphatic heterocycles. The zero-order valence-electron chi connectivity index (χ0n) is 26.1. The molecule has 2 aromatic heterocycles. The van der Waals surface area contributed by atoms with E-state index in [0.29, 0.717) is 0 Å². The second-order valence-corrected chi connectivity index (χ2v) is 13.0. The normalized spacial score (nSPS) is 21.1. The van der Waals surface area contributed by atoms with E-state index >= 15 is 0 Å². The lowest BCUT2D eigenvalue weighted by molar-refractivity contribution is 0.0331. The number of rotatable bonds is 8. The van der Waals surface area contributed by atoms with E-state index in [1.165, 1.54) is 39.6 Å². The standard InChI is InChI=1S/C35H47N7O2/c1-2-6-32-30(5-1)33-35-34(41(11-4-12-42(32)35)10-3-9-37-19-23-43-24-20-37)29-8-7-28(27-31(29)36-33)40-17-15-38(16-18-40)13-14-39-21-25-44-26-22-39/h1-2,5-8,27H,3-4,9-26H2. The fraction of sp³-hybridized carbons (Fsp3) is 0.571. The molecule has 3 fully saturated rings. The van der Waals surface area contributed by atoms with Gasteiger partial charge < -0.3 is 23.8 Å². The second kappa shape index (κ2) is 12.8. The Kier molecular flexibility index (Phi) is 8.30. The molecule has 4 aromatic rings. The number of nitrogens with zero attached hydrogens (tertiary/aromatic N) is 7. The Morgan fingerprint density at radius 3 is 2.11 bits per heavy atom. The molecule has 8 rings (SSSR count). The van der Waals surface area contributed by atoms with Gasteiger partial charge in [0.05, 0.1) is 54.2 Å². The molecule has 0 aliphatic carbocycles. The third-order valence-corrected chi connectivity index (χ3v) is 10.3. The van der Waals surface area contributed by atoms with Crippen LogP contribution >= 0.6 is 0 Å². The molecule has 0 radical (unpaired) electrons. The molecule has 0 N–H and O–H groups in total. The van der Waals surface area contributed by atoms with Gasteiger partial charge in [-0.05, 0) is 37.1 Å². The van der Waals surface area contributed by atoms with Gasteiger partial charge in [0.15, 0.2) is 0 Å². The molecule has 0 atom stereocenters. The smallest absolute Gasteiger partial charge is 0.0988 e. The first-order valence-corrected chi connectivity index (χ1v) is 17.0. The zero-order valence-corrected chi connectivity index (χ0v) is 26.1. The molecule has 2 aromatic carbocycles. The molecule has 0 unspecified atom stereocenters. The summed E-state index contributed by atoms with van der Waals surface area (Å²) in [5, 5.41) is 2.57. The molecule has 6 heterocycles. The van der Waals surface area contributed by atoms with E-state index in [9.17, 15) is 0 Å². The fourth-order valence-corrected chi connectivity index (χ4v) is 7.85. The molecule has 0 saturated carbocycles. The number of morpholine rings is 2. The third kappa shape index (κ3) is 5.65. The summed E-state index contributed by atoms with van der Waals surface area (Å²) in [5.74, 6) is 0. The molecule has 0 bridgehead atoms. The van der Waals surface area contributed by atoms with Crippen LogP contribution in [0.3, 0.4) is 0 Å². The molecule has 0 spiro atoms. The van der Waals surface area contributed by atoms with Crippen molar-refractivity contribution in [2.45, 2.75) is 19.4 Å². The zero-order chi connectivity index (χ0) is 29.3. The van der Waals surface area contributed by atoms with Crippen LogP contribution in [0.25, 0.3) is 32.8 Å². The number of aryl methyl sites for hydroxylation is 1. The van der Waals surface area contributed by atoms with Crippen molar-refractivity contribution in [1.82, 2.24) is 24.3 Å². The average Bonchev–Trinajstić information content (AvgIpc) is 3.26. The number of hydrogen-bond acceptors (Lipinski definition) is 8. The van der Waals surface area contributed by atoms with E-state index in [4.69, 9.17) is 14.5 Å². The molecule has 234 valence electrons. The van der Waals surface area contributed by atoms with Gasteiger partial charge in [-0.25, -0.2) is 4.98 Å². The summed E-state index contributed by atoms with van der Waals surface area (Å²) in [6.07, 6.45) is 2.31. The maximum atomic E-state index is 5.59. The van der Waals surface area contributed by atoms with Crippen molar-refractivity contribution in [1.29, 1.82) is 0 Å². The number of ether oxygens (including phenoxy) is 2. The second-order valence-electron chi connectivity index (χ2n) is 13.0. The van der Waals surface area contributed by atoms with E-state index < -0.39 is 0 Å². The van der Waals surface area contributed by atoms with Crippen LogP contribution in [0, 0.1) is 0 Å². The Hall–Kier alpha value is -2.95. The minimum atomic E-state index is 0.866. The van der Waals surface area contributed by atoms with Gasteiger partial charge in [-0.1, -0.05) is 18.2 Å². The first-order chi connectivity index (χ1) is 21.8. The predicted octanol–water partition coefficient (Wildman–Crippen LogP) is 3.73. The summed E-state index contributed by atoms with van der Waals surface area (Å²) in [6.45, 7) is 18.8. The Labute approximate surface area is 260 Å². The predicted molar refractivity (Wildman–Crippen MR) is 179 cm³/mol. The van der Waals surface area contributed by atoms with Gasteiger partial charge in [0.1, 0.15) is 0 Å². The van der Waals surface area contributed by atoms with E-state index in [1.54, 1.807) is 0 Å². The molecular weight excluding hydrogens is 550 g/mol. The SMILES string of the molecule is c1ccc2c(c1)c1nc3cc(N4CCN(CCN5CCOCC5)CC4)ccc3c3c1n2CCCN3CCCN1CCOCC1. The van der Waals surface area contributed by atoms with Crippen molar-refractivity contribution in [3.05, 3.63) is 42.5 Å². The number of hydrogen-bond donors (Lipinski definition) is 0. The van der Waals surface area contributed by atoms with E-state index in [2.05, 4.69) is 71.5 Å². The first kappa shape index (κ1) is 28.5. The topological polar surface area (TPSA) is 52.5 Å². The molecule has 9 heteroatoms. The molecule has 0 amide bonds. The number of pyridine rings is 1. The van der Waals surface area contributed by atoms with Crippen molar-refractivity contribution in [3.63, 3.8) is 0 Å². The Morgan fingerprint density at radius 1 is 0.636 bits per heavy atom. The van der Waals surface area contributed by atoms with Gasteiger partial charge in [-0.15, -0.1) is 0 Å². The maximum absolute atomic E-state index is 5.59. The van der Waals surface area contributed by atoms with Crippen molar-refractivity contribution < 1.29 is 9.47 Å². The maximum Gasteiger partial charge on any atom is 0.0988 e. The van der Waals surface area contributed by atoms with Crippen molar-refractivity contribution in [2.24, 2.45) is 0 Å². The van der Waals surface area contributed by atoms with Crippen molar-refractivity contribution in [2.75, 3.05) is 121 Å². The summed E-state index contributed by atoms with van der Waals surface area (Å²) in [4.78, 5) is 18.4. The van der Waals surface area contributed by atoms with Crippen LogP contribution in [0.5, 0.6) is 0 Å². The summed E-state index contributed by atoms with van der Waals surface area (Å²) in [7, 11) is 0. The van der Waals surface area contributed by atoms with Gasteiger partial charge in [0.25, 0.3) is 0 Å². The Morgan fingerprint density at radius 2 is 1.34 bits per heavy atom. The fourth-order valence-electron chi connectivity index (χ4n) is 7.85.